The molecule has 0 radical (unpaired) electrons. The first kappa shape index (κ1) is 16.7. The number of anilines is 3. The molecule has 0 fully saturated rings. The van der Waals surface area contributed by atoms with Crippen LogP contribution in [0, 0.1) is 0 Å². The number of rotatable bonds is 6. The minimum absolute atomic E-state index is 0.0938. The van der Waals surface area contributed by atoms with Gasteiger partial charge in [-0.2, -0.15) is 0 Å². The SMILES string of the molecule is CCC(Nc1c(Nc2cccn(C)c2=O)c(=O)c1=O)c1ccccc1. The quantitative estimate of drug-likeness (QED) is 0.675. The molecule has 0 saturated heterocycles. The highest BCUT2D eigenvalue weighted by Gasteiger charge is 2.24. The van der Waals surface area contributed by atoms with E-state index >= 15 is 0 Å². The number of nitrogens with one attached hydrogen (secondary N) is 2. The summed E-state index contributed by atoms with van der Waals surface area (Å²) in [6.07, 6.45) is 2.37. The molecule has 0 bridgehead atoms. The predicted molar refractivity (Wildman–Crippen MR) is 99.4 cm³/mol. The summed E-state index contributed by atoms with van der Waals surface area (Å²) < 4.78 is 1.40. The van der Waals surface area contributed by atoms with E-state index < -0.39 is 10.9 Å². The van der Waals surface area contributed by atoms with Crippen LogP contribution in [-0.4, -0.2) is 4.57 Å². The lowest BCUT2D eigenvalue weighted by molar-refractivity contribution is 0.747. The number of hydrogen-bond acceptors (Lipinski definition) is 5. The maximum Gasteiger partial charge on any atom is 0.273 e. The lowest BCUT2D eigenvalue weighted by atomic mass is 10.0. The Morgan fingerprint density at radius 1 is 0.960 bits per heavy atom. The number of pyridine rings is 1. The van der Waals surface area contributed by atoms with Gasteiger partial charge in [-0.25, -0.2) is 0 Å². The molecule has 0 aliphatic heterocycles. The summed E-state index contributed by atoms with van der Waals surface area (Å²) in [5.74, 6) is 0. The van der Waals surface area contributed by atoms with Crippen molar-refractivity contribution in [3.8, 4) is 0 Å². The summed E-state index contributed by atoms with van der Waals surface area (Å²) >= 11 is 0. The van der Waals surface area contributed by atoms with Crippen molar-refractivity contribution in [2.24, 2.45) is 7.05 Å². The van der Waals surface area contributed by atoms with Crippen LogP contribution >= 0.6 is 0 Å². The van der Waals surface area contributed by atoms with E-state index in [0.29, 0.717) is 0 Å². The van der Waals surface area contributed by atoms with E-state index in [1.165, 1.54) is 4.57 Å². The van der Waals surface area contributed by atoms with Crippen LogP contribution in [0.3, 0.4) is 0 Å². The van der Waals surface area contributed by atoms with Crippen molar-refractivity contribution in [1.29, 1.82) is 0 Å². The van der Waals surface area contributed by atoms with Crippen LogP contribution in [0.4, 0.5) is 17.1 Å². The zero-order chi connectivity index (χ0) is 18.0. The molecule has 1 unspecified atom stereocenters. The molecule has 0 aliphatic rings. The minimum Gasteiger partial charge on any atom is -0.373 e. The molecule has 3 rings (SSSR count). The standard InChI is InChI=1S/C19H19N3O3/c1-3-13(12-8-5-4-6-9-12)20-15-16(18(24)17(15)23)21-14-10-7-11-22(2)19(14)25/h4-11,13,20-21H,3H2,1-2H3. The molecule has 6 nitrogen and oxygen atoms in total. The lowest BCUT2D eigenvalue weighted by Crippen LogP contribution is -2.38. The number of aromatic nitrogens is 1. The summed E-state index contributed by atoms with van der Waals surface area (Å²) in [7, 11) is 1.62. The first-order valence-electron chi connectivity index (χ1n) is 8.10. The molecule has 0 spiro atoms. The Balaban J connectivity index is 1.90. The van der Waals surface area contributed by atoms with Crippen LogP contribution in [0.15, 0.2) is 63.0 Å². The molecule has 1 aromatic heterocycles. The first-order valence-corrected chi connectivity index (χ1v) is 8.10. The van der Waals surface area contributed by atoms with Gasteiger partial charge >= 0.3 is 0 Å². The van der Waals surface area contributed by atoms with Crippen LogP contribution in [0.5, 0.6) is 0 Å². The normalized spacial score (nSPS) is 12.1. The number of hydrogen-bond donors (Lipinski definition) is 2. The van der Waals surface area contributed by atoms with E-state index in [1.807, 2.05) is 37.3 Å². The number of nitrogens with zero attached hydrogens (tertiary/aromatic N) is 1. The van der Waals surface area contributed by atoms with Gasteiger partial charge in [-0.3, -0.25) is 14.4 Å². The van der Waals surface area contributed by atoms with E-state index in [1.54, 1.807) is 25.4 Å². The van der Waals surface area contributed by atoms with E-state index in [0.717, 1.165) is 12.0 Å². The Morgan fingerprint density at radius 2 is 1.64 bits per heavy atom. The van der Waals surface area contributed by atoms with E-state index in [4.69, 9.17) is 0 Å². The third kappa shape index (κ3) is 3.10. The van der Waals surface area contributed by atoms with Crippen LogP contribution in [0.2, 0.25) is 0 Å². The highest BCUT2D eigenvalue weighted by molar-refractivity contribution is 5.78. The first-order chi connectivity index (χ1) is 12.0. The predicted octanol–water partition coefficient (Wildman–Crippen LogP) is 2.29. The molecular weight excluding hydrogens is 318 g/mol. The molecule has 2 N–H and O–H groups in total. The lowest BCUT2D eigenvalue weighted by Gasteiger charge is -2.22. The molecule has 0 amide bonds. The number of benzene rings is 1. The fraction of sp³-hybridized carbons (Fsp3) is 0.211. The van der Waals surface area contributed by atoms with Crippen molar-refractivity contribution < 1.29 is 0 Å². The minimum atomic E-state index is -0.615. The summed E-state index contributed by atoms with van der Waals surface area (Å²) in [6.45, 7) is 2.00. The highest BCUT2D eigenvalue weighted by atomic mass is 16.2. The summed E-state index contributed by atoms with van der Waals surface area (Å²) in [5.41, 5.74) is 0.208. The Labute approximate surface area is 144 Å². The van der Waals surface area contributed by atoms with Gasteiger partial charge in [-0.1, -0.05) is 37.3 Å². The molecule has 1 heterocycles. The summed E-state index contributed by atoms with van der Waals surface area (Å²) in [5, 5.41) is 5.95. The Hall–Kier alpha value is -3.15. The molecule has 1 atom stereocenters. The van der Waals surface area contributed by atoms with Crippen LogP contribution < -0.4 is 27.1 Å². The van der Waals surface area contributed by atoms with E-state index in [9.17, 15) is 14.4 Å². The molecule has 25 heavy (non-hydrogen) atoms. The fourth-order valence-electron chi connectivity index (χ4n) is 2.76. The maximum absolute atomic E-state index is 12.1. The second-order valence-electron chi connectivity index (χ2n) is 5.89. The van der Waals surface area contributed by atoms with Gasteiger partial charge in [0.1, 0.15) is 17.1 Å². The van der Waals surface area contributed by atoms with Crippen molar-refractivity contribution in [2.75, 3.05) is 10.6 Å². The maximum atomic E-state index is 12.1. The van der Waals surface area contributed by atoms with Crippen LogP contribution in [-0.2, 0) is 7.05 Å². The molecule has 0 saturated carbocycles. The Kier molecular flexibility index (Phi) is 4.52. The molecule has 128 valence electrons. The largest absolute Gasteiger partial charge is 0.373 e. The topological polar surface area (TPSA) is 80.2 Å². The molecule has 0 aliphatic carbocycles. The fourth-order valence-corrected chi connectivity index (χ4v) is 2.76. The average molecular weight is 337 g/mol. The van der Waals surface area contributed by atoms with Crippen molar-refractivity contribution in [3.63, 3.8) is 0 Å². The van der Waals surface area contributed by atoms with E-state index in [-0.39, 0.29) is 28.7 Å². The van der Waals surface area contributed by atoms with Gasteiger partial charge in [-0.15, -0.1) is 0 Å². The average Bonchev–Trinajstić information content (AvgIpc) is 2.64. The third-order valence-corrected chi connectivity index (χ3v) is 4.22. The van der Waals surface area contributed by atoms with Gasteiger partial charge < -0.3 is 15.2 Å². The van der Waals surface area contributed by atoms with Gasteiger partial charge in [0, 0.05) is 13.2 Å². The smallest absolute Gasteiger partial charge is 0.273 e. The van der Waals surface area contributed by atoms with Crippen LogP contribution in [0.1, 0.15) is 24.9 Å². The summed E-state index contributed by atoms with van der Waals surface area (Å²) in [4.78, 5) is 36.1. The van der Waals surface area contributed by atoms with Crippen molar-refractivity contribution >= 4 is 17.1 Å². The van der Waals surface area contributed by atoms with Gasteiger partial charge in [0.25, 0.3) is 16.4 Å². The zero-order valence-electron chi connectivity index (χ0n) is 14.1. The van der Waals surface area contributed by atoms with Crippen molar-refractivity contribution in [1.82, 2.24) is 4.57 Å². The second-order valence-corrected chi connectivity index (χ2v) is 5.89. The third-order valence-electron chi connectivity index (χ3n) is 4.22. The number of aryl methyl sites for hydroxylation is 1. The van der Waals surface area contributed by atoms with Crippen LogP contribution in [0.25, 0.3) is 0 Å². The molecule has 2 aromatic carbocycles. The zero-order valence-corrected chi connectivity index (χ0v) is 14.1. The van der Waals surface area contributed by atoms with Crippen molar-refractivity contribution in [2.45, 2.75) is 19.4 Å². The molecule has 3 aromatic rings. The van der Waals surface area contributed by atoms with E-state index in [2.05, 4.69) is 10.6 Å². The van der Waals surface area contributed by atoms with Gasteiger partial charge in [0.2, 0.25) is 0 Å². The van der Waals surface area contributed by atoms with Crippen molar-refractivity contribution in [3.05, 3.63) is 85.0 Å². The Morgan fingerprint density at radius 3 is 2.32 bits per heavy atom. The second kappa shape index (κ2) is 6.76. The molecular formula is C19H19N3O3. The van der Waals surface area contributed by atoms with Gasteiger partial charge in [-0.05, 0) is 24.1 Å². The van der Waals surface area contributed by atoms with Gasteiger partial charge in [0.05, 0.1) is 6.04 Å². The molecule has 6 heteroatoms. The monoisotopic (exact) mass is 337 g/mol. The Bertz CT molecular complexity index is 1010. The summed E-state index contributed by atoms with van der Waals surface area (Å²) in [6, 6.07) is 12.9. The van der Waals surface area contributed by atoms with Gasteiger partial charge in [0.15, 0.2) is 0 Å². The highest BCUT2D eigenvalue weighted by Crippen LogP contribution is 2.26.